The number of benzene rings is 2. The SMILES string of the molecule is CN(C)CC1CN(S(=O)(=O)Cc2ccccc2)CCC1(O)c1cccc(OC(F)(F)F)c1. The van der Waals surface area contributed by atoms with Crippen molar-refractivity contribution in [2.45, 2.75) is 24.1 Å². The Morgan fingerprint density at radius 3 is 2.47 bits per heavy atom. The Morgan fingerprint density at radius 2 is 1.84 bits per heavy atom. The number of nitrogens with zero attached hydrogens (tertiary/aromatic N) is 2. The lowest BCUT2D eigenvalue weighted by atomic mass is 9.76. The molecule has 0 spiro atoms. The maximum absolute atomic E-state index is 13.0. The van der Waals surface area contributed by atoms with Crippen molar-refractivity contribution in [2.75, 3.05) is 33.7 Å². The number of halogens is 3. The van der Waals surface area contributed by atoms with E-state index in [0.717, 1.165) is 0 Å². The number of piperidine rings is 1. The summed E-state index contributed by atoms with van der Waals surface area (Å²) >= 11 is 0. The zero-order valence-corrected chi connectivity index (χ0v) is 18.7. The average Bonchev–Trinajstić information content (AvgIpc) is 2.68. The molecule has 0 radical (unpaired) electrons. The summed E-state index contributed by atoms with van der Waals surface area (Å²) in [6.45, 7) is 0.451. The fourth-order valence-corrected chi connectivity index (χ4v) is 5.68. The average molecular weight is 473 g/mol. The quantitative estimate of drug-likeness (QED) is 0.670. The second kappa shape index (κ2) is 9.38. The van der Waals surface area contributed by atoms with Crippen LogP contribution in [0.3, 0.4) is 0 Å². The molecule has 6 nitrogen and oxygen atoms in total. The van der Waals surface area contributed by atoms with Gasteiger partial charge in [0.15, 0.2) is 0 Å². The van der Waals surface area contributed by atoms with Crippen molar-refractivity contribution in [2.24, 2.45) is 5.92 Å². The topological polar surface area (TPSA) is 70.1 Å². The first kappa shape index (κ1) is 24.5. The van der Waals surface area contributed by atoms with Gasteiger partial charge in [-0.3, -0.25) is 0 Å². The van der Waals surface area contributed by atoms with Gasteiger partial charge in [-0.15, -0.1) is 13.2 Å². The smallest absolute Gasteiger partial charge is 0.406 e. The van der Waals surface area contributed by atoms with E-state index in [0.29, 0.717) is 12.1 Å². The summed E-state index contributed by atoms with van der Waals surface area (Å²) in [6, 6.07) is 14.1. The first-order valence-corrected chi connectivity index (χ1v) is 11.7. The fourth-order valence-electron chi connectivity index (χ4n) is 4.11. The highest BCUT2D eigenvalue weighted by molar-refractivity contribution is 7.88. The van der Waals surface area contributed by atoms with E-state index in [-0.39, 0.29) is 30.8 Å². The number of rotatable bonds is 7. The molecule has 1 N–H and O–H groups in total. The molecule has 2 unspecified atom stereocenters. The van der Waals surface area contributed by atoms with E-state index in [1.807, 2.05) is 4.90 Å². The van der Waals surface area contributed by atoms with Gasteiger partial charge in [0, 0.05) is 25.6 Å². The van der Waals surface area contributed by atoms with Crippen LogP contribution in [0.5, 0.6) is 5.75 Å². The van der Waals surface area contributed by atoms with E-state index >= 15 is 0 Å². The van der Waals surface area contributed by atoms with Crippen molar-refractivity contribution in [3.63, 3.8) is 0 Å². The Morgan fingerprint density at radius 1 is 1.16 bits per heavy atom. The van der Waals surface area contributed by atoms with E-state index in [1.54, 1.807) is 50.5 Å². The van der Waals surface area contributed by atoms with Crippen LogP contribution < -0.4 is 4.74 Å². The summed E-state index contributed by atoms with van der Waals surface area (Å²) in [5, 5.41) is 11.6. The molecule has 2 atom stereocenters. The predicted molar refractivity (Wildman–Crippen MR) is 114 cm³/mol. The van der Waals surface area contributed by atoms with Crippen LogP contribution in [0.2, 0.25) is 0 Å². The third kappa shape index (κ3) is 6.00. The molecule has 2 aromatic carbocycles. The molecule has 0 saturated carbocycles. The van der Waals surface area contributed by atoms with Crippen molar-refractivity contribution < 1.29 is 31.4 Å². The van der Waals surface area contributed by atoms with Crippen LogP contribution >= 0.6 is 0 Å². The maximum Gasteiger partial charge on any atom is 0.573 e. The van der Waals surface area contributed by atoms with Crippen LogP contribution in [0.4, 0.5) is 13.2 Å². The standard InChI is InChI=1S/C22H27F3N2O4S/c1-26(2)14-19-15-27(32(29,30)16-17-7-4-3-5-8-17)12-11-21(19,28)18-9-6-10-20(13-18)31-22(23,24)25/h3-10,13,19,28H,11-12,14-16H2,1-2H3. The van der Waals surface area contributed by atoms with Crippen LogP contribution in [0, 0.1) is 5.92 Å². The highest BCUT2D eigenvalue weighted by Gasteiger charge is 2.46. The van der Waals surface area contributed by atoms with Crippen LogP contribution in [0.1, 0.15) is 17.5 Å². The van der Waals surface area contributed by atoms with Crippen molar-refractivity contribution in [1.29, 1.82) is 0 Å². The van der Waals surface area contributed by atoms with Gasteiger partial charge >= 0.3 is 6.36 Å². The summed E-state index contributed by atoms with van der Waals surface area (Å²) in [7, 11) is -0.0540. The lowest BCUT2D eigenvalue weighted by molar-refractivity contribution is -0.274. The van der Waals surface area contributed by atoms with Gasteiger partial charge in [-0.05, 0) is 43.8 Å². The molecule has 0 amide bonds. The van der Waals surface area contributed by atoms with Crippen molar-refractivity contribution in [1.82, 2.24) is 9.21 Å². The Labute approximate surface area is 186 Å². The normalized spacial score (nSPS) is 22.8. The Kier molecular flexibility index (Phi) is 7.18. The van der Waals surface area contributed by atoms with Crippen LogP contribution in [-0.2, 0) is 21.4 Å². The summed E-state index contributed by atoms with van der Waals surface area (Å²) in [5.41, 5.74) is -0.575. The third-order valence-electron chi connectivity index (χ3n) is 5.58. The molecule has 1 fully saturated rings. The molecule has 2 aromatic rings. The molecule has 0 aromatic heterocycles. The Bertz CT molecular complexity index is 1020. The largest absolute Gasteiger partial charge is 0.573 e. The number of hydrogen-bond donors (Lipinski definition) is 1. The maximum atomic E-state index is 13.0. The molecule has 0 aliphatic carbocycles. The molecule has 1 saturated heterocycles. The third-order valence-corrected chi connectivity index (χ3v) is 7.40. The Balaban J connectivity index is 1.86. The van der Waals surface area contributed by atoms with Crippen LogP contribution in [-0.4, -0.2) is 62.8 Å². The van der Waals surface area contributed by atoms with Gasteiger partial charge in [-0.25, -0.2) is 12.7 Å². The van der Waals surface area contributed by atoms with Gasteiger partial charge in [-0.1, -0.05) is 42.5 Å². The molecule has 0 bridgehead atoms. The molecular weight excluding hydrogens is 445 g/mol. The predicted octanol–water partition coefficient (Wildman–Crippen LogP) is 3.19. The lowest BCUT2D eigenvalue weighted by Gasteiger charge is -2.45. The second-order valence-corrected chi connectivity index (χ2v) is 10.3. The van der Waals surface area contributed by atoms with Gasteiger partial charge < -0.3 is 14.7 Å². The van der Waals surface area contributed by atoms with Gasteiger partial charge in [0.05, 0.1) is 11.4 Å². The highest BCUT2D eigenvalue weighted by atomic mass is 32.2. The van der Waals surface area contributed by atoms with Gasteiger partial charge in [0.25, 0.3) is 0 Å². The number of ether oxygens (including phenoxy) is 1. The highest BCUT2D eigenvalue weighted by Crippen LogP contribution is 2.40. The number of alkyl halides is 3. The van der Waals surface area contributed by atoms with E-state index < -0.39 is 33.7 Å². The van der Waals surface area contributed by atoms with Crippen molar-refractivity contribution in [3.05, 3.63) is 65.7 Å². The minimum atomic E-state index is -4.85. The summed E-state index contributed by atoms with van der Waals surface area (Å²) in [5.74, 6) is -1.14. The minimum absolute atomic E-state index is 0.0498. The van der Waals surface area contributed by atoms with E-state index in [2.05, 4.69) is 4.74 Å². The summed E-state index contributed by atoms with van der Waals surface area (Å²) in [6.07, 6.45) is -4.80. The zero-order chi connectivity index (χ0) is 23.6. The number of aliphatic hydroxyl groups is 1. The Hall–Kier alpha value is -2.14. The fraction of sp³-hybridized carbons (Fsp3) is 0.455. The van der Waals surface area contributed by atoms with Gasteiger partial charge in [0.2, 0.25) is 10.0 Å². The molecule has 1 aliphatic rings. The monoisotopic (exact) mass is 472 g/mol. The summed E-state index contributed by atoms with van der Waals surface area (Å²) in [4.78, 5) is 1.82. The number of hydrogen-bond acceptors (Lipinski definition) is 5. The first-order valence-electron chi connectivity index (χ1n) is 10.1. The molecule has 10 heteroatoms. The van der Waals surface area contributed by atoms with Crippen LogP contribution in [0.15, 0.2) is 54.6 Å². The molecular formula is C22H27F3N2O4S. The van der Waals surface area contributed by atoms with Crippen molar-refractivity contribution >= 4 is 10.0 Å². The number of sulfonamides is 1. The van der Waals surface area contributed by atoms with Crippen molar-refractivity contribution in [3.8, 4) is 5.75 Å². The lowest BCUT2D eigenvalue weighted by Crippen LogP contribution is -2.54. The molecule has 176 valence electrons. The molecule has 1 aliphatic heterocycles. The minimum Gasteiger partial charge on any atom is -0.406 e. The zero-order valence-electron chi connectivity index (χ0n) is 17.9. The van der Waals surface area contributed by atoms with E-state index in [9.17, 15) is 26.7 Å². The van der Waals surface area contributed by atoms with Gasteiger partial charge in [0.1, 0.15) is 5.75 Å². The molecule has 1 heterocycles. The first-order chi connectivity index (χ1) is 14.9. The van der Waals surface area contributed by atoms with E-state index in [4.69, 9.17) is 0 Å². The molecule has 32 heavy (non-hydrogen) atoms. The molecule has 3 rings (SSSR count). The second-order valence-electron chi connectivity index (χ2n) is 8.31. The van der Waals surface area contributed by atoms with Crippen LogP contribution in [0.25, 0.3) is 0 Å². The van der Waals surface area contributed by atoms with E-state index in [1.165, 1.54) is 22.5 Å². The summed E-state index contributed by atoms with van der Waals surface area (Å²) < 4.78 is 69.4. The van der Waals surface area contributed by atoms with Gasteiger partial charge in [-0.2, -0.15) is 0 Å².